The minimum absolute atomic E-state index is 0.158. The molecule has 0 fully saturated rings. The minimum atomic E-state index is -0.570. The molecule has 1 heterocycles. The van der Waals surface area contributed by atoms with Crippen LogP contribution in [0, 0.1) is 0 Å². The van der Waals surface area contributed by atoms with Crippen molar-refractivity contribution in [1.29, 1.82) is 0 Å². The van der Waals surface area contributed by atoms with Gasteiger partial charge in [-0.2, -0.15) is 0 Å². The van der Waals surface area contributed by atoms with Gasteiger partial charge in [0, 0.05) is 5.56 Å². The molecule has 0 atom stereocenters. The maximum Gasteiger partial charge on any atom is 0.284 e. The van der Waals surface area contributed by atoms with Gasteiger partial charge < -0.3 is 14.9 Å². The fourth-order valence-corrected chi connectivity index (χ4v) is 1.38. The Morgan fingerprint density at radius 2 is 1.88 bits per heavy atom. The first-order valence-electron chi connectivity index (χ1n) is 4.75. The number of carbonyl (C=O) groups is 1. The van der Waals surface area contributed by atoms with Crippen LogP contribution in [0.5, 0.6) is 5.75 Å². The SMILES string of the molecule is COc1ccc(-c2ccc(C(N)=O)o2)cc1. The van der Waals surface area contributed by atoms with Crippen molar-refractivity contribution in [2.24, 2.45) is 5.73 Å². The summed E-state index contributed by atoms with van der Waals surface area (Å²) in [6.45, 7) is 0. The summed E-state index contributed by atoms with van der Waals surface area (Å²) in [5.74, 6) is 0.965. The summed E-state index contributed by atoms with van der Waals surface area (Å²) in [4.78, 5) is 10.9. The number of benzene rings is 1. The van der Waals surface area contributed by atoms with Crippen molar-refractivity contribution in [2.75, 3.05) is 7.11 Å². The largest absolute Gasteiger partial charge is 0.497 e. The van der Waals surface area contributed by atoms with Crippen LogP contribution in [0.3, 0.4) is 0 Å². The predicted octanol–water partition coefficient (Wildman–Crippen LogP) is 2.05. The number of hydrogen-bond donors (Lipinski definition) is 1. The molecule has 2 N–H and O–H groups in total. The molecule has 0 aliphatic rings. The van der Waals surface area contributed by atoms with Crippen LogP contribution in [0.1, 0.15) is 10.6 Å². The molecule has 16 heavy (non-hydrogen) atoms. The van der Waals surface area contributed by atoms with Crippen LogP contribution in [-0.2, 0) is 0 Å². The highest BCUT2D eigenvalue weighted by atomic mass is 16.5. The Labute approximate surface area is 92.6 Å². The molecule has 0 saturated heterocycles. The number of ether oxygens (including phenoxy) is 1. The third kappa shape index (κ3) is 1.91. The standard InChI is InChI=1S/C12H11NO3/c1-15-9-4-2-8(3-5-9)10-6-7-11(16-10)12(13)14/h2-7H,1H3,(H2,13,14). The lowest BCUT2D eigenvalue weighted by Crippen LogP contribution is -2.09. The Morgan fingerprint density at radius 3 is 2.38 bits per heavy atom. The Bertz CT molecular complexity index is 499. The lowest BCUT2D eigenvalue weighted by atomic mass is 10.2. The summed E-state index contributed by atoms with van der Waals surface area (Å²) in [7, 11) is 1.60. The molecular weight excluding hydrogens is 206 g/mol. The Balaban J connectivity index is 2.31. The predicted molar refractivity (Wildman–Crippen MR) is 59.2 cm³/mol. The lowest BCUT2D eigenvalue weighted by molar-refractivity contribution is 0.0974. The van der Waals surface area contributed by atoms with Crippen molar-refractivity contribution in [3.8, 4) is 17.1 Å². The van der Waals surface area contributed by atoms with E-state index < -0.39 is 5.91 Å². The molecule has 2 rings (SSSR count). The van der Waals surface area contributed by atoms with Crippen LogP contribution in [0.25, 0.3) is 11.3 Å². The first kappa shape index (κ1) is 10.3. The second-order valence-corrected chi connectivity index (χ2v) is 3.26. The normalized spacial score (nSPS) is 10.1. The van der Waals surface area contributed by atoms with E-state index in [1.165, 1.54) is 0 Å². The van der Waals surface area contributed by atoms with Gasteiger partial charge in [0.05, 0.1) is 7.11 Å². The van der Waals surface area contributed by atoms with E-state index >= 15 is 0 Å². The summed E-state index contributed by atoms with van der Waals surface area (Å²) >= 11 is 0. The highest BCUT2D eigenvalue weighted by Gasteiger charge is 2.08. The number of amides is 1. The van der Waals surface area contributed by atoms with E-state index in [9.17, 15) is 4.79 Å². The van der Waals surface area contributed by atoms with Crippen LogP contribution < -0.4 is 10.5 Å². The fraction of sp³-hybridized carbons (Fsp3) is 0.0833. The van der Waals surface area contributed by atoms with Crippen molar-refractivity contribution in [1.82, 2.24) is 0 Å². The molecule has 0 bridgehead atoms. The second kappa shape index (κ2) is 4.10. The zero-order valence-electron chi connectivity index (χ0n) is 8.77. The topological polar surface area (TPSA) is 65.5 Å². The van der Waals surface area contributed by atoms with Gasteiger partial charge in [0.25, 0.3) is 5.91 Å². The Morgan fingerprint density at radius 1 is 1.19 bits per heavy atom. The van der Waals surface area contributed by atoms with Crippen molar-refractivity contribution in [3.05, 3.63) is 42.2 Å². The van der Waals surface area contributed by atoms with Crippen LogP contribution in [-0.4, -0.2) is 13.0 Å². The number of rotatable bonds is 3. The average molecular weight is 217 g/mol. The molecule has 4 heteroatoms. The Hall–Kier alpha value is -2.23. The maximum atomic E-state index is 10.9. The molecule has 0 aliphatic heterocycles. The van der Waals surface area contributed by atoms with Crippen LogP contribution in [0.4, 0.5) is 0 Å². The van der Waals surface area contributed by atoms with Crippen molar-refractivity contribution in [3.63, 3.8) is 0 Å². The van der Waals surface area contributed by atoms with Gasteiger partial charge in [-0.3, -0.25) is 4.79 Å². The molecular formula is C12H11NO3. The van der Waals surface area contributed by atoms with Gasteiger partial charge in [0.15, 0.2) is 5.76 Å². The third-order valence-corrected chi connectivity index (χ3v) is 2.22. The summed E-state index contributed by atoms with van der Waals surface area (Å²) in [5, 5.41) is 0. The van der Waals surface area contributed by atoms with E-state index in [-0.39, 0.29) is 5.76 Å². The molecule has 1 amide bonds. The molecule has 0 spiro atoms. The maximum absolute atomic E-state index is 10.9. The number of primary amides is 1. The molecule has 0 saturated carbocycles. The molecule has 1 aromatic carbocycles. The van der Waals surface area contributed by atoms with Gasteiger partial charge in [-0.05, 0) is 36.4 Å². The second-order valence-electron chi connectivity index (χ2n) is 3.26. The smallest absolute Gasteiger partial charge is 0.284 e. The van der Waals surface area contributed by atoms with Crippen LogP contribution in [0.15, 0.2) is 40.8 Å². The van der Waals surface area contributed by atoms with Gasteiger partial charge >= 0.3 is 0 Å². The molecule has 0 aliphatic carbocycles. The number of furan rings is 1. The average Bonchev–Trinajstić information content (AvgIpc) is 2.78. The number of nitrogens with two attached hydrogens (primary N) is 1. The van der Waals surface area contributed by atoms with Crippen LogP contribution in [0.2, 0.25) is 0 Å². The van der Waals surface area contributed by atoms with Crippen LogP contribution >= 0.6 is 0 Å². The van der Waals surface area contributed by atoms with Gasteiger partial charge in [0.1, 0.15) is 11.5 Å². The first-order valence-corrected chi connectivity index (χ1v) is 4.75. The Kier molecular flexibility index (Phi) is 2.64. The monoisotopic (exact) mass is 217 g/mol. The number of carbonyl (C=O) groups excluding carboxylic acids is 1. The lowest BCUT2D eigenvalue weighted by Gasteiger charge is -2.00. The fourth-order valence-electron chi connectivity index (χ4n) is 1.38. The first-order chi connectivity index (χ1) is 7.70. The summed E-state index contributed by atoms with van der Waals surface area (Å²) in [6.07, 6.45) is 0. The van der Waals surface area contributed by atoms with E-state index in [1.807, 2.05) is 24.3 Å². The molecule has 0 unspecified atom stereocenters. The van der Waals surface area contributed by atoms with E-state index in [2.05, 4.69) is 0 Å². The summed E-state index contributed by atoms with van der Waals surface area (Å²) < 4.78 is 10.3. The summed E-state index contributed by atoms with van der Waals surface area (Å²) in [6, 6.07) is 10.6. The number of methoxy groups -OCH3 is 1. The highest BCUT2D eigenvalue weighted by molar-refractivity contribution is 5.90. The number of hydrogen-bond acceptors (Lipinski definition) is 3. The van der Waals surface area contributed by atoms with Gasteiger partial charge in [0.2, 0.25) is 0 Å². The highest BCUT2D eigenvalue weighted by Crippen LogP contribution is 2.24. The zero-order chi connectivity index (χ0) is 11.5. The van der Waals surface area contributed by atoms with Crippen molar-refractivity contribution < 1.29 is 13.9 Å². The van der Waals surface area contributed by atoms with Crippen molar-refractivity contribution >= 4 is 5.91 Å². The zero-order valence-corrected chi connectivity index (χ0v) is 8.77. The molecule has 4 nitrogen and oxygen atoms in total. The van der Waals surface area contributed by atoms with E-state index in [0.29, 0.717) is 5.76 Å². The van der Waals surface area contributed by atoms with Gasteiger partial charge in [-0.25, -0.2) is 0 Å². The quantitative estimate of drug-likeness (QED) is 0.855. The minimum Gasteiger partial charge on any atom is -0.497 e. The molecule has 1 aromatic heterocycles. The molecule has 0 radical (unpaired) electrons. The third-order valence-electron chi connectivity index (χ3n) is 2.22. The molecule has 82 valence electrons. The molecule has 2 aromatic rings. The van der Waals surface area contributed by atoms with Gasteiger partial charge in [-0.15, -0.1) is 0 Å². The van der Waals surface area contributed by atoms with E-state index in [4.69, 9.17) is 14.9 Å². The van der Waals surface area contributed by atoms with E-state index in [0.717, 1.165) is 11.3 Å². The van der Waals surface area contributed by atoms with E-state index in [1.54, 1.807) is 19.2 Å². The van der Waals surface area contributed by atoms with Gasteiger partial charge in [-0.1, -0.05) is 0 Å². The van der Waals surface area contributed by atoms with Crippen molar-refractivity contribution in [2.45, 2.75) is 0 Å². The summed E-state index contributed by atoms with van der Waals surface area (Å²) in [5.41, 5.74) is 5.97.